The molecule has 0 unspecified atom stereocenters. The van der Waals surface area contributed by atoms with E-state index in [0.717, 1.165) is 11.1 Å². The second-order valence-electron chi connectivity index (χ2n) is 6.19. The van der Waals surface area contributed by atoms with Gasteiger partial charge in [-0.25, -0.2) is 5.43 Å². The van der Waals surface area contributed by atoms with Crippen molar-refractivity contribution in [3.63, 3.8) is 0 Å². The molecule has 0 saturated heterocycles. The average Bonchev–Trinajstić information content (AvgIpc) is 2.74. The molecule has 0 aromatic heterocycles. The van der Waals surface area contributed by atoms with Crippen molar-refractivity contribution in [3.8, 4) is 5.75 Å². The Kier molecular flexibility index (Phi) is 6.73. The smallest absolute Gasteiger partial charge is 0.277 e. The van der Waals surface area contributed by atoms with Gasteiger partial charge in [-0.2, -0.15) is 5.10 Å². The maximum atomic E-state index is 12.3. The molecule has 0 bridgehead atoms. The van der Waals surface area contributed by atoms with Crippen LogP contribution < -0.4 is 15.5 Å². The summed E-state index contributed by atoms with van der Waals surface area (Å²) in [5, 5.41) is 6.98. The zero-order valence-corrected chi connectivity index (χ0v) is 16.0. The molecule has 0 aliphatic carbocycles. The van der Waals surface area contributed by atoms with Crippen LogP contribution in [0.4, 0.5) is 5.69 Å². The van der Waals surface area contributed by atoms with Gasteiger partial charge in [0.05, 0.1) is 11.4 Å². The second kappa shape index (κ2) is 9.85. The van der Waals surface area contributed by atoms with Crippen LogP contribution >= 0.6 is 0 Å². The summed E-state index contributed by atoms with van der Waals surface area (Å²) in [7, 11) is 0. The van der Waals surface area contributed by atoms with Gasteiger partial charge >= 0.3 is 0 Å². The number of anilines is 1. The van der Waals surface area contributed by atoms with Gasteiger partial charge < -0.3 is 10.1 Å². The summed E-state index contributed by atoms with van der Waals surface area (Å²) in [6.07, 6.45) is 0. The lowest BCUT2D eigenvalue weighted by atomic mass is 10.0. The number of benzene rings is 3. The van der Waals surface area contributed by atoms with E-state index in [4.69, 9.17) is 4.74 Å². The highest BCUT2D eigenvalue weighted by Gasteiger charge is 2.10. The van der Waals surface area contributed by atoms with E-state index in [-0.39, 0.29) is 12.5 Å². The van der Waals surface area contributed by atoms with Crippen molar-refractivity contribution >= 4 is 23.2 Å². The molecule has 0 radical (unpaired) electrons. The van der Waals surface area contributed by atoms with Crippen molar-refractivity contribution in [3.05, 3.63) is 96.1 Å². The number of ether oxygens (including phenoxy) is 1. The first kappa shape index (κ1) is 19.8. The minimum absolute atomic E-state index is 0.217. The van der Waals surface area contributed by atoms with Gasteiger partial charge in [0, 0.05) is 18.1 Å². The van der Waals surface area contributed by atoms with Crippen LogP contribution in [0, 0.1) is 0 Å². The minimum atomic E-state index is -0.410. The molecule has 0 fully saturated rings. The first-order valence-corrected chi connectivity index (χ1v) is 9.10. The maximum Gasteiger partial charge on any atom is 0.277 e. The molecule has 3 rings (SSSR count). The van der Waals surface area contributed by atoms with Gasteiger partial charge in [-0.05, 0) is 12.1 Å². The lowest BCUT2D eigenvalue weighted by Gasteiger charge is -2.11. The van der Waals surface area contributed by atoms with Crippen LogP contribution in [0.3, 0.4) is 0 Å². The van der Waals surface area contributed by atoms with Crippen LogP contribution in [0.15, 0.2) is 90.0 Å². The van der Waals surface area contributed by atoms with Crippen molar-refractivity contribution in [2.45, 2.75) is 6.92 Å². The molecule has 6 heteroatoms. The Morgan fingerprint density at radius 1 is 0.828 bits per heavy atom. The third-order valence-corrected chi connectivity index (χ3v) is 3.94. The summed E-state index contributed by atoms with van der Waals surface area (Å²) >= 11 is 0. The topological polar surface area (TPSA) is 79.8 Å². The molecule has 0 saturated carbocycles. The molecule has 6 nitrogen and oxygen atoms in total. The lowest BCUT2D eigenvalue weighted by Crippen LogP contribution is -2.26. The third-order valence-electron chi connectivity index (χ3n) is 3.94. The first-order chi connectivity index (χ1) is 14.1. The predicted molar refractivity (Wildman–Crippen MR) is 113 cm³/mol. The van der Waals surface area contributed by atoms with Crippen LogP contribution in [0.25, 0.3) is 0 Å². The number of carbonyl (C=O) groups is 2. The second-order valence-corrected chi connectivity index (χ2v) is 6.19. The fourth-order valence-corrected chi connectivity index (χ4v) is 2.67. The molecule has 3 aromatic carbocycles. The van der Waals surface area contributed by atoms with Crippen molar-refractivity contribution in [2.75, 3.05) is 11.9 Å². The van der Waals surface area contributed by atoms with Crippen molar-refractivity contribution in [1.29, 1.82) is 0 Å². The standard InChI is InChI=1S/C23H21N3O3/c1-17(27)24-20-14-8-9-15-21(20)29-16-22(28)25-26-23(18-10-4-2-5-11-18)19-12-6-3-7-13-19/h2-15H,16H2,1H3,(H,24,27)(H,25,28). The molecule has 29 heavy (non-hydrogen) atoms. The van der Waals surface area contributed by atoms with Crippen LogP contribution in [0.2, 0.25) is 0 Å². The fraction of sp³-hybridized carbons (Fsp3) is 0.0870. The zero-order chi connectivity index (χ0) is 20.5. The Hall–Kier alpha value is -3.93. The van der Waals surface area contributed by atoms with Crippen LogP contribution in [0.5, 0.6) is 5.75 Å². The van der Waals surface area contributed by atoms with Gasteiger partial charge in [0.25, 0.3) is 5.91 Å². The third kappa shape index (κ3) is 5.77. The molecule has 2 N–H and O–H groups in total. The number of nitrogens with one attached hydrogen (secondary N) is 2. The quantitative estimate of drug-likeness (QED) is 0.480. The van der Waals surface area contributed by atoms with E-state index in [1.54, 1.807) is 24.3 Å². The number of nitrogens with zero attached hydrogens (tertiary/aromatic N) is 1. The number of para-hydroxylation sites is 2. The van der Waals surface area contributed by atoms with Gasteiger partial charge in [-0.1, -0.05) is 72.8 Å². The molecule has 3 aromatic rings. The van der Waals surface area contributed by atoms with Gasteiger partial charge in [0.15, 0.2) is 6.61 Å². The molecule has 0 heterocycles. The highest BCUT2D eigenvalue weighted by Crippen LogP contribution is 2.23. The monoisotopic (exact) mass is 387 g/mol. The van der Waals surface area contributed by atoms with Crippen molar-refractivity contribution in [2.24, 2.45) is 5.10 Å². The zero-order valence-electron chi connectivity index (χ0n) is 16.0. The highest BCUT2D eigenvalue weighted by atomic mass is 16.5. The number of hydrazone groups is 1. The van der Waals surface area contributed by atoms with Crippen molar-refractivity contribution in [1.82, 2.24) is 5.43 Å². The van der Waals surface area contributed by atoms with Crippen LogP contribution in [-0.2, 0) is 9.59 Å². The number of hydrogen-bond acceptors (Lipinski definition) is 4. The number of carbonyl (C=O) groups excluding carboxylic acids is 2. The molecule has 146 valence electrons. The Balaban J connectivity index is 1.71. The minimum Gasteiger partial charge on any atom is -0.482 e. The number of hydrogen-bond donors (Lipinski definition) is 2. The summed E-state index contributed by atoms with van der Waals surface area (Å²) in [6.45, 7) is 1.17. The van der Waals surface area contributed by atoms with E-state index < -0.39 is 5.91 Å². The predicted octanol–water partition coefficient (Wildman–Crippen LogP) is 3.59. The van der Waals surface area contributed by atoms with Gasteiger partial charge in [0.2, 0.25) is 5.91 Å². The number of rotatable bonds is 7. The van der Waals surface area contributed by atoms with E-state index in [1.807, 2.05) is 60.7 Å². The summed E-state index contributed by atoms with van der Waals surface area (Å²) < 4.78 is 5.55. The normalized spacial score (nSPS) is 9.97. The summed E-state index contributed by atoms with van der Waals surface area (Å²) in [5.74, 6) is -0.217. The molecule has 0 spiro atoms. The van der Waals surface area contributed by atoms with Crippen molar-refractivity contribution < 1.29 is 14.3 Å². The molecular formula is C23H21N3O3. The van der Waals surface area contributed by atoms with Gasteiger partial charge in [-0.3, -0.25) is 9.59 Å². The summed E-state index contributed by atoms with van der Waals surface area (Å²) in [5.41, 5.74) is 5.47. The van der Waals surface area contributed by atoms with E-state index in [9.17, 15) is 9.59 Å². The maximum absolute atomic E-state index is 12.3. The summed E-state index contributed by atoms with van der Waals surface area (Å²) in [4.78, 5) is 23.6. The van der Waals surface area contributed by atoms with E-state index in [1.165, 1.54) is 6.92 Å². The molecule has 0 aliphatic rings. The van der Waals surface area contributed by atoms with E-state index in [2.05, 4.69) is 15.8 Å². The van der Waals surface area contributed by atoms with Crippen LogP contribution in [0.1, 0.15) is 18.1 Å². The highest BCUT2D eigenvalue weighted by molar-refractivity contribution is 6.13. The average molecular weight is 387 g/mol. The van der Waals surface area contributed by atoms with E-state index in [0.29, 0.717) is 17.1 Å². The van der Waals surface area contributed by atoms with Gasteiger partial charge in [-0.15, -0.1) is 0 Å². The fourth-order valence-electron chi connectivity index (χ4n) is 2.67. The molecular weight excluding hydrogens is 366 g/mol. The molecule has 0 aliphatic heterocycles. The molecule has 0 atom stereocenters. The number of amides is 2. The lowest BCUT2D eigenvalue weighted by molar-refractivity contribution is -0.123. The first-order valence-electron chi connectivity index (χ1n) is 9.10. The Morgan fingerprint density at radius 2 is 1.38 bits per heavy atom. The Labute approximate surface area is 169 Å². The van der Waals surface area contributed by atoms with Gasteiger partial charge in [0.1, 0.15) is 5.75 Å². The van der Waals surface area contributed by atoms with Crippen LogP contribution in [-0.4, -0.2) is 24.1 Å². The Morgan fingerprint density at radius 3 is 1.97 bits per heavy atom. The summed E-state index contributed by atoms with van der Waals surface area (Å²) in [6, 6.07) is 26.1. The largest absolute Gasteiger partial charge is 0.482 e. The Bertz CT molecular complexity index is 961. The molecule has 2 amide bonds. The van der Waals surface area contributed by atoms with E-state index >= 15 is 0 Å². The SMILES string of the molecule is CC(=O)Nc1ccccc1OCC(=O)NN=C(c1ccccc1)c1ccccc1.